The van der Waals surface area contributed by atoms with Gasteiger partial charge >= 0.3 is 32.7 Å². The van der Waals surface area contributed by atoms with Gasteiger partial charge in [-0.25, -0.2) is 0 Å². The van der Waals surface area contributed by atoms with E-state index in [-0.39, 0.29) is 32.7 Å². The number of ether oxygens (including phenoxy) is 2. The number of rotatable bonds is 5. The van der Waals surface area contributed by atoms with Crippen molar-refractivity contribution >= 4 is 27.5 Å². The molecule has 0 fully saturated rings. The topological polar surface area (TPSA) is 32.6 Å². The fraction of sp³-hybridized carbons (Fsp3) is 0.310. The molecule has 0 heterocycles. The minimum absolute atomic E-state index is 0. The van der Waals surface area contributed by atoms with Crippen LogP contribution in [0.2, 0.25) is 39.3 Å². The molecule has 0 aliphatic heterocycles. The maximum Gasteiger partial charge on any atom is 3.00 e. The van der Waals surface area contributed by atoms with Crippen molar-refractivity contribution in [2.24, 2.45) is 0 Å². The van der Waals surface area contributed by atoms with Gasteiger partial charge in [-0.05, 0) is 44.2 Å². The number of hydrogen-bond acceptors (Lipinski definition) is 2. The Labute approximate surface area is 241 Å². The van der Waals surface area contributed by atoms with Crippen LogP contribution in [0.4, 0.5) is 11.4 Å². The van der Waals surface area contributed by atoms with Crippen molar-refractivity contribution in [3.8, 4) is 17.2 Å². The normalized spacial score (nSPS) is 10.5. The molecule has 0 aliphatic carbocycles. The average Bonchev–Trinajstić information content (AvgIpc) is 2.70. The molecule has 0 aliphatic rings. The van der Waals surface area contributed by atoms with Crippen molar-refractivity contribution in [1.29, 1.82) is 0 Å². The van der Waals surface area contributed by atoms with E-state index in [9.17, 15) is 0 Å². The van der Waals surface area contributed by atoms with Gasteiger partial charge in [0.1, 0.15) is 17.2 Å². The molecule has 0 N–H and O–H groups in total. The van der Waals surface area contributed by atoms with Crippen LogP contribution < -0.4 is 9.47 Å². The van der Waals surface area contributed by atoms with Crippen molar-refractivity contribution in [2.45, 2.75) is 53.1 Å². The molecule has 0 bridgehead atoms. The monoisotopic (exact) mass is 581 g/mol. The molecular weight excluding hydrogens is 539 g/mol. The summed E-state index contributed by atoms with van der Waals surface area (Å²) in [6, 6.07) is 21.5. The largest absolute Gasteiger partial charge is 3.00 e. The van der Waals surface area contributed by atoms with Crippen LogP contribution in [0.25, 0.3) is 5.32 Å². The van der Waals surface area contributed by atoms with E-state index in [1.165, 1.54) is 0 Å². The van der Waals surface area contributed by atoms with Crippen LogP contribution in [0.5, 0.6) is 17.2 Å². The molecule has 0 radical (unpaired) electrons. The van der Waals surface area contributed by atoms with Crippen LogP contribution in [0.1, 0.15) is 11.1 Å². The summed E-state index contributed by atoms with van der Waals surface area (Å²) >= 11 is 0. The molecule has 3 aromatic rings. The van der Waals surface area contributed by atoms with Crippen LogP contribution in [0.3, 0.4) is 0 Å². The van der Waals surface area contributed by atoms with Gasteiger partial charge in [0.2, 0.25) is 0 Å². The molecule has 35 heavy (non-hydrogen) atoms. The van der Waals surface area contributed by atoms with Gasteiger partial charge in [0.25, 0.3) is 0 Å². The smallest absolute Gasteiger partial charge is 0.654 e. The molecule has 3 nitrogen and oxygen atoms in total. The number of hydrogen-bond donors (Lipinski definition) is 0. The first-order valence-electron chi connectivity index (χ1n) is 11.6. The summed E-state index contributed by atoms with van der Waals surface area (Å²) in [6.07, 6.45) is 0. The third-order valence-corrected chi connectivity index (χ3v) is 3.77. The zero-order chi connectivity index (χ0) is 25.9. The second-order valence-electron chi connectivity index (χ2n) is 10.7. The second kappa shape index (κ2) is 15.7. The molecule has 186 valence electrons. The molecule has 0 amide bonds. The molecular formula is C29H42NO2Si2Y. The zero-order valence-electron chi connectivity index (χ0n) is 23.1. The number of para-hydroxylation sites is 3. The maximum atomic E-state index is 5.99. The van der Waals surface area contributed by atoms with Crippen LogP contribution in [-0.2, 0) is 32.7 Å². The summed E-state index contributed by atoms with van der Waals surface area (Å²) in [5, 5.41) is 4.83. The molecule has 0 unspecified atom stereocenters. The van der Waals surface area contributed by atoms with Gasteiger partial charge in [-0.3, -0.25) is 0 Å². The fourth-order valence-corrected chi connectivity index (χ4v) is 2.58. The molecule has 3 rings (SSSR count). The molecule has 0 spiro atoms. The summed E-state index contributed by atoms with van der Waals surface area (Å²) in [7, 11) is -0.0476. The SMILES string of the molecule is COc1cc(C)c([N-]c2ccccc2Oc2ccccc2)c(C)c1.[CH2-][Si](C)(C)C.[CH2-][Si](C)(C)C.[Y+3]. The third-order valence-electron chi connectivity index (χ3n) is 3.77. The van der Waals surface area contributed by atoms with Gasteiger partial charge < -0.3 is 27.9 Å². The molecule has 0 atom stereocenters. The van der Waals surface area contributed by atoms with Crippen molar-refractivity contribution in [3.05, 3.63) is 96.3 Å². The summed E-state index contributed by atoms with van der Waals surface area (Å²) in [5.41, 5.74) is 3.89. The van der Waals surface area contributed by atoms with Gasteiger partial charge in [0.05, 0.1) is 7.11 Å². The van der Waals surface area contributed by atoms with Crippen molar-refractivity contribution < 1.29 is 42.2 Å². The zero-order valence-corrected chi connectivity index (χ0v) is 27.9. The Kier molecular flexibility index (Phi) is 15.0. The Morgan fingerprint density at radius 2 is 1.11 bits per heavy atom. The van der Waals surface area contributed by atoms with E-state index in [1.54, 1.807) is 7.11 Å². The van der Waals surface area contributed by atoms with Gasteiger partial charge in [0, 0.05) is 0 Å². The Morgan fingerprint density at radius 3 is 1.57 bits per heavy atom. The molecule has 0 saturated heterocycles. The Morgan fingerprint density at radius 1 is 0.686 bits per heavy atom. The molecule has 0 aromatic heterocycles. The average molecular weight is 582 g/mol. The first-order valence-corrected chi connectivity index (χ1v) is 19.0. The van der Waals surface area contributed by atoms with Crippen LogP contribution >= 0.6 is 0 Å². The van der Waals surface area contributed by atoms with E-state index in [1.807, 2.05) is 80.6 Å². The number of aryl methyl sites for hydroxylation is 2. The number of methoxy groups -OCH3 is 1. The molecule has 3 aromatic carbocycles. The van der Waals surface area contributed by atoms with Crippen LogP contribution in [-0.4, -0.2) is 23.3 Å². The Balaban J connectivity index is 0.000000894. The van der Waals surface area contributed by atoms with Gasteiger partial charge in [-0.15, -0.1) is 21.8 Å². The maximum absolute atomic E-state index is 5.99. The second-order valence-corrected chi connectivity index (χ2v) is 21.0. The number of nitrogens with zero attached hydrogens (tertiary/aromatic N) is 1. The van der Waals surface area contributed by atoms with E-state index < -0.39 is 16.1 Å². The van der Waals surface area contributed by atoms with Gasteiger partial charge in [-0.2, -0.15) is 0 Å². The van der Waals surface area contributed by atoms with Crippen molar-refractivity contribution in [3.63, 3.8) is 0 Å². The minimum atomic E-state index is -0.861. The summed E-state index contributed by atoms with van der Waals surface area (Å²) in [6.45, 7) is 25.2. The van der Waals surface area contributed by atoms with Gasteiger partial charge in [-0.1, -0.05) is 92.5 Å². The summed E-state index contributed by atoms with van der Waals surface area (Å²) in [4.78, 5) is 0. The Bertz CT molecular complexity index is 966. The van der Waals surface area contributed by atoms with E-state index in [0.717, 1.165) is 39.8 Å². The first kappa shape index (κ1) is 33.6. The summed E-state index contributed by atoms with van der Waals surface area (Å²) < 4.78 is 11.3. The number of benzene rings is 3. The standard InChI is InChI=1S/C21H20NO2.2C4H11Si.Y/c1-15-13-18(23-3)14-16(2)21(15)22-19-11-7-8-12-20(19)24-17-9-5-4-6-10-17;2*1-5(2,3)4;/h4-14H,1-3H3;2*1H2,2-4H3;/q3*-1;+3. The van der Waals surface area contributed by atoms with Crippen LogP contribution in [0.15, 0.2) is 66.7 Å². The van der Waals surface area contributed by atoms with Crippen molar-refractivity contribution in [2.75, 3.05) is 7.11 Å². The van der Waals surface area contributed by atoms with Gasteiger partial charge in [0.15, 0.2) is 0 Å². The van der Waals surface area contributed by atoms with E-state index in [2.05, 4.69) is 52.4 Å². The van der Waals surface area contributed by atoms with E-state index in [0.29, 0.717) is 0 Å². The minimum Gasteiger partial charge on any atom is -0.654 e. The predicted molar refractivity (Wildman–Crippen MR) is 156 cm³/mol. The fourth-order valence-electron chi connectivity index (χ4n) is 2.58. The third kappa shape index (κ3) is 16.1. The van der Waals surface area contributed by atoms with Crippen molar-refractivity contribution in [1.82, 2.24) is 0 Å². The van der Waals surface area contributed by atoms with Crippen LogP contribution in [0, 0.1) is 26.9 Å². The van der Waals surface area contributed by atoms with E-state index in [4.69, 9.17) is 14.8 Å². The Hall–Kier alpha value is -1.40. The molecule has 6 heteroatoms. The predicted octanol–water partition coefficient (Wildman–Crippen LogP) is 9.83. The first-order chi connectivity index (χ1) is 15.7. The van der Waals surface area contributed by atoms with E-state index >= 15 is 0 Å². The molecule has 0 saturated carbocycles. The quantitative estimate of drug-likeness (QED) is 0.222. The summed E-state index contributed by atoms with van der Waals surface area (Å²) in [5.74, 6) is 2.37.